The molecule has 2 rings (SSSR count). The summed E-state index contributed by atoms with van der Waals surface area (Å²) in [6, 6.07) is 0. The van der Waals surface area contributed by atoms with E-state index in [1.807, 2.05) is 0 Å². The Labute approximate surface area is 97.2 Å². The molecule has 4 heteroatoms. The largest absolute Gasteiger partial charge is 0.316 e. The predicted molar refractivity (Wildman–Crippen MR) is 64.4 cm³/mol. The Bertz CT molecular complexity index is 337. The van der Waals surface area contributed by atoms with Gasteiger partial charge in [-0.2, -0.15) is 5.10 Å². The van der Waals surface area contributed by atoms with Crippen molar-refractivity contribution >= 4 is 0 Å². The van der Waals surface area contributed by atoms with Crippen LogP contribution >= 0.6 is 0 Å². The maximum absolute atomic E-state index is 4.58. The van der Waals surface area contributed by atoms with E-state index in [4.69, 9.17) is 0 Å². The topological polar surface area (TPSA) is 53.6 Å². The summed E-state index contributed by atoms with van der Waals surface area (Å²) in [4.78, 5) is 4.58. The molecule has 0 aliphatic carbocycles. The van der Waals surface area contributed by atoms with Crippen molar-refractivity contribution in [2.24, 2.45) is 5.92 Å². The minimum Gasteiger partial charge on any atom is -0.316 e. The Kier molecular flexibility index (Phi) is 3.28. The molecule has 4 nitrogen and oxygen atoms in total. The zero-order valence-electron chi connectivity index (χ0n) is 10.5. The van der Waals surface area contributed by atoms with Gasteiger partial charge in [0.05, 0.1) is 0 Å². The lowest BCUT2D eigenvalue weighted by Crippen LogP contribution is -2.41. The van der Waals surface area contributed by atoms with Gasteiger partial charge in [-0.1, -0.05) is 20.8 Å². The number of aromatic nitrogens is 3. The zero-order chi connectivity index (χ0) is 11.6. The van der Waals surface area contributed by atoms with Gasteiger partial charge in [-0.3, -0.25) is 5.10 Å². The first kappa shape index (κ1) is 11.6. The molecular weight excluding hydrogens is 200 g/mol. The monoisotopic (exact) mass is 222 g/mol. The molecule has 1 atom stereocenters. The Balaban J connectivity index is 2.15. The molecule has 90 valence electrons. The Morgan fingerprint density at radius 2 is 2.25 bits per heavy atom. The van der Waals surface area contributed by atoms with Crippen LogP contribution in [0.1, 0.15) is 45.3 Å². The molecule has 16 heavy (non-hydrogen) atoms. The van der Waals surface area contributed by atoms with E-state index in [2.05, 4.69) is 41.3 Å². The Hall–Kier alpha value is -0.900. The maximum atomic E-state index is 4.58. The van der Waals surface area contributed by atoms with E-state index in [-0.39, 0.29) is 5.41 Å². The second-order valence-corrected chi connectivity index (χ2v) is 5.22. The second kappa shape index (κ2) is 4.53. The highest BCUT2D eigenvalue weighted by atomic mass is 15.2. The Morgan fingerprint density at radius 1 is 1.44 bits per heavy atom. The van der Waals surface area contributed by atoms with Crippen molar-refractivity contribution in [2.75, 3.05) is 13.1 Å². The van der Waals surface area contributed by atoms with Gasteiger partial charge in [0.15, 0.2) is 5.82 Å². The number of rotatable bonds is 3. The van der Waals surface area contributed by atoms with Crippen LogP contribution in [0.4, 0.5) is 0 Å². The summed E-state index contributed by atoms with van der Waals surface area (Å²) in [7, 11) is 0. The van der Waals surface area contributed by atoms with Crippen LogP contribution in [0.2, 0.25) is 0 Å². The van der Waals surface area contributed by atoms with Gasteiger partial charge in [0, 0.05) is 11.8 Å². The van der Waals surface area contributed by atoms with Gasteiger partial charge in [0.2, 0.25) is 0 Å². The van der Waals surface area contributed by atoms with Crippen LogP contribution in [0.15, 0.2) is 0 Å². The molecule has 1 saturated heterocycles. The number of nitrogens with zero attached hydrogens (tertiary/aromatic N) is 2. The van der Waals surface area contributed by atoms with Crippen molar-refractivity contribution in [2.45, 2.75) is 45.4 Å². The SMILES string of the molecule is CCc1nc(C(C)(C)C2CCCNC2)n[nH]1. The van der Waals surface area contributed by atoms with Gasteiger partial charge in [-0.05, 0) is 31.8 Å². The highest BCUT2D eigenvalue weighted by molar-refractivity contribution is 5.08. The molecule has 1 aromatic heterocycles. The lowest BCUT2D eigenvalue weighted by molar-refractivity contribution is 0.242. The van der Waals surface area contributed by atoms with Crippen molar-refractivity contribution in [3.63, 3.8) is 0 Å². The van der Waals surface area contributed by atoms with Crippen LogP contribution in [-0.4, -0.2) is 28.3 Å². The van der Waals surface area contributed by atoms with Gasteiger partial charge in [0.25, 0.3) is 0 Å². The third-order valence-corrected chi connectivity index (χ3v) is 3.76. The fraction of sp³-hybridized carbons (Fsp3) is 0.833. The van der Waals surface area contributed by atoms with Gasteiger partial charge in [-0.25, -0.2) is 4.98 Å². The third-order valence-electron chi connectivity index (χ3n) is 3.76. The number of piperidine rings is 1. The van der Waals surface area contributed by atoms with Crippen molar-refractivity contribution in [3.05, 3.63) is 11.6 Å². The van der Waals surface area contributed by atoms with E-state index < -0.39 is 0 Å². The lowest BCUT2D eigenvalue weighted by Gasteiger charge is -2.35. The first-order valence-corrected chi connectivity index (χ1v) is 6.27. The van der Waals surface area contributed by atoms with E-state index in [1.54, 1.807) is 0 Å². The summed E-state index contributed by atoms with van der Waals surface area (Å²) < 4.78 is 0. The average Bonchev–Trinajstić information content (AvgIpc) is 2.79. The van der Waals surface area contributed by atoms with E-state index in [0.29, 0.717) is 5.92 Å². The molecule has 1 aliphatic rings. The third kappa shape index (κ3) is 2.12. The van der Waals surface area contributed by atoms with Crippen LogP contribution < -0.4 is 5.32 Å². The molecule has 0 amide bonds. The second-order valence-electron chi connectivity index (χ2n) is 5.22. The molecule has 0 saturated carbocycles. The molecule has 0 aromatic carbocycles. The zero-order valence-corrected chi connectivity index (χ0v) is 10.5. The highest BCUT2D eigenvalue weighted by Crippen LogP contribution is 2.33. The first-order chi connectivity index (χ1) is 7.64. The molecule has 2 heterocycles. The summed E-state index contributed by atoms with van der Waals surface area (Å²) >= 11 is 0. The van der Waals surface area contributed by atoms with Crippen LogP contribution in [0.5, 0.6) is 0 Å². The van der Waals surface area contributed by atoms with Crippen LogP contribution in [0.25, 0.3) is 0 Å². The molecule has 1 aromatic rings. The standard InChI is InChI=1S/C12H22N4/c1-4-10-14-11(16-15-10)12(2,3)9-6-5-7-13-8-9/h9,13H,4-8H2,1-3H3,(H,14,15,16). The van der Waals surface area contributed by atoms with Crippen molar-refractivity contribution in [3.8, 4) is 0 Å². The molecule has 0 radical (unpaired) electrons. The number of aromatic amines is 1. The minimum atomic E-state index is 0.0668. The van der Waals surface area contributed by atoms with Crippen molar-refractivity contribution < 1.29 is 0 Å². The summed E-state index contributed by atoms with van der Waals surface area (Å²) in [6.45, 7) is 8.85. The fourth-order valence-electron chi connectivity index (χ4n) is 2.39. The summed E-state index contributed by atoms with van der Waals surface area (Å²) in [5.41, 5.74) is 0.0668. The fourth-order valence-corrected chi connectivity index (χ4v) is 2.39. The highest BCUT2D eigenvalue weighted by Gasteiger charge is 2.35. The quantitative estimate of drug-likeness (QED) is 0.817. The first-order valence-electron chi connectivity index (χ1n) is 6.27. The lowest BCUT2D eigenvalue weighted by atomic mass is 9.74. The average molecular weight is 222 g/mol. The number of aryl methyl sites for hydroxylation is 1. The number of nitrogens with one attached hydrogen (secondary N) is 2. The van der Waals surface area contributed by atoms with Crippen LogP contribution in [0, 0.1) is 5.92 Å². The number of H-pyrrole nitrogens is 1. The molecule has 1 aliphatic heterocycles. The van der Waals surface area contributed by atoms with Crippen LogP contribution in [-0.2, 0) is 11.8 Å². The van der Waals surface area contributed by atoms with E-state index in [0.717, 1.165) is 31.2 Å². The Morgan fingerprint density at radius 3 is 2.81 bits per heavy atom. The molecule has 0 bridgehead atoms. The molecule has 0 spiro atoms. The van der Waals surface area contributed by atoms with Gasteiger partial charge in [-0.15, -0.1) is 0 Å². The number of hydrogen-bond acceptors (Lipinski definition) is 3. The summed E-state index contributed by atoms with van der Waals surface area (Å²) in [5, 5.41) is 10.9. The normalized spacial score (nSPS) is 22.3. The number of hydrogen-bond donors (Lipinski definition) is 2. The smallest absolute Gasteiger partial charge is 0.156 e. The summed E-state index contributed by atoms with van der Waals surface area (Å²) in [6.07, 6.45) is 3.46. The van der Waals surface area contributed by atoms with Crippen molar-refractivity contribution in [1.82, 2.24) is 20.5 Å². The van der Waals surface area contributed by atoms with Gasteiger partial charge < -0.3 is 5.32 Å². The van der Waals surface area contributed by atoms with E-state index >= 15 is 0 Å². The van der Waals surface area contributed by atoms with E-state index in [9.17, 15) is 0 Å². The molecule has 2 N–H and O–H groups in total. The molecule has 1 fully saturated rings. The minimum absolute atomic E-state index is 0.0668. The summed E-state index contributed by atoms with van der Waals surface area (Å²) in [5.74, 6) is 2.60. The molecular formula is C12H22N4. The molecule has 1 unspecified atom stereocenters. The van der Waals surface area contributed by atoms with Gasteiger partial charge >= 0.3 is 0 Å². The predicted octanol–water partition coefficient (Wildman–Crippen LogP) is 1.64. The van der Waals surface area contributed by atoms with Gasteiger partial charge in [0.1, 0.15) is 5.82 Å². The maximum Gasteiger partial charge on any atom is 0.156 e. The van der Waals surface area contributed by atoms with Crippen molar-refractivity contribution in [1.29, 1.82) is 0 Å². The van der Waals surface area contributed by atoms with Crippen LogP contribution in [0.3, 0.4) is 0 Å². The van der Waals surface area contributed by atoms with E-state index in [1.165, 1.54) is 12.8 Å².